The van der Waals surface area contributed by atoms with Gasteiger partial charge in [-0.3, -0.25) is 0 Å². The molecule has 0 fully saturated rings. The van der Waals surface area contributed by atoms with Gasteiger partial charge >= 0.3 is 6.01 Å². The van der Waals surface area contributed by atoms with Crippen LogP contribution in [-0.2, 0) is 6.42 Å². The summed E-state index contributed by atoms with van der Waals surface area (Å²) in [5, 5.41) is 6.74. The van der Waals surface area contributed by atoms with Crippen molar-refractivity contribution in [2.45, 2.75) is 20.3 Å². The molecule has 0 spiro atoms. The number of aromatic nitrogens is 2. The molecule has 0 aliphatic rings. The number of hydrogen-bond acceptors (Lipinski definition) is 4. The van der Waals surface area contributed by atoms with Crippen molar-refractivity contribution in [2.24, 2.45) is 5.92 Å². The van der Waals surface area contributed by atoms with E-state index in [0.717, 1.165) is 12.6 Å². The summed E-state index contributed by atoms with van der Waals surface area (Å²) in [4.78, 5) is 4.10. The number of halogens is 2. The van der Waals surface area contributed by atoms with Gasteiger partial charge < -0.3 is 9.84 Å². The number of hydrogen-bond donors (Lipinski definition) is 1. The fourth-order valence-corrected chi connectivity index (χ4v) is 1.58. The third kappa shape index (κ3) is 4.01. The zero-order chi connectivity index (χ0) is 13.8. The second kappa shape index (κ2) is 5.77. The van der Waals surface area contributed by atoms with E-state index in [9.17, 15) is 8.78 Å². The van der Waals surface area contributed by atoms with Crippen molar-refractivity contribution in [3.8, 4) is 0 Å². The molecule has 4 nitrogen and oxygen atoms in total. The molecule has 0 bridgehead atoms. The molecule has 0 saturated carbocycles. The van der Waals surface area contributed by atoms with Crippen molar-refractivity contribution in [3.63, 3.8) is 0 Å². The number of benzene rings is 1. The fourth-order valence-electron chi connectivity index (χ4n) is 1.58. The highest BCUT2D eigenvalue weighted by atomic mass is 19.1. The van der Waals surface area contributed by atoms with Crippen molar-refractivity contribution >= 4 is 6.01 Å². The maximum Gasteiger partial charge on any atom is 0.321 e. The van der Waals surface area contributed by atoms with Crippen molar-refractivity contribution < 1.29 is 13.3 Å². The SMILES string of the molecule is CC(C)CNc1nc(Cc2cc(F)cc(F)c2)no1. The van der Waals surface area contributed by atoms with Crippen molar-refractivity contribution in [2.75, 3.05) is 11.9 Å². The molecule has 0 aliphatic heterocycles. The zero-order valence-corrected chi connectivity index (χ0v) is 10.8. The molecular weight excluding hydrogens is 252 g/mol. The predicted molar refractivity (Wildman–Crippen MR) is 66.8 cm³/mol. The van der Waals surface area contributed by atoms with E-state index >= 15 is 0 Å². The molecule has 2 rings (SSSR count). The van der Waals surface area contributed by atoms with Gasteiger partial charge in [-0.15, -0.1) is 0 Å². The topological polar surface area (TPSA) is 51.0 Å². The van der Waals surface area contributed by atoms with E-state index in [4.69, 9.17) is 4.52 Å². The van der Waals surface area contributed by atoms with Crippen molar-refractivity contribution in [1.29, 1.82) is 0 Å². The molecule has 1 N–H and O–H groups in total. The van der Waals surface area contributed by atoms with Gasteiger partial charge in [0.05, 0.1) is 0 Å². The van der Waals surface area contributed by atoms with Crippen LogP contribution in [0.1, 0.15) is 25.2 Å². The second-order valence-corrected chi connectivity index (χ2v) is 4.74. The van der Waals surface area contributed by atoms with E-state index in [-0.39, 0.29) is 6.42 Å². The minimum absolute atomic E-state index is 0.224. The van der Waals surface area contributed by atoms with Gasteiger partial charge in [0.1, 0.15) is 11.6 Å². The first-order valence-corrected chi connectivity index (χ1v) is 6.04. The van der Waals surface area contributed by atoms with Crippen LogP contribution in [-0.4, -0.2) is 16.7 Å². The smallest absolute Gasteiger partial charge is 0.321 e. The van der Waals surface area contributed by atoms with E-state index in [0.29, 0.717) is 23.3 Å². The summed E-state index contributed by atoms with van der Waals surface area (Å²) < 4.78 is 31.0. The van der Waals surface area contributed by atoms with Crippen LogP contribution >= 0.6 is 0 Å². The van der Waals surface area contributed by atoms with E-state index in [1.165, 1.54) is 12.1 Å². The third-order valence-electron chi connectivity index (χ3n) is 2.41. The first-order valence-electron chi connectivity index (χ1n) is 6.04. The average molecular weight is 267 g/mol. The third-order valence-corrected chi connectivity index (χ3v) is 2.41. The lowest BCUT2D eigenvalue weighted by atomic mass is 10.1. The van der Waals surface area contributed by atoms with Gasteiger partial charge in [-0.2, -0.15) is 4.98 Å². The lowest BCUT2D eigenvalue weighted by Gasteiger charge is -2.02. The molecule has 0 atom stereocenters. The predicted octanol–water partition coefficient (Wildman–Crippen LogP) is 3.01. The van der Waals surface area contributed by atoms with Crippen LogP contribution < -0.4 is 5.32 Å². The Morgan fingerprint density at radius 1 is 1.21 bits per heavy atom. The largest absolute Gasteiger partial charge is 0.338 e. The van der Waals surface area contributed by atoms with Crippen LogP contribution in [0.15, 0.2) is 22.7 Å². The monoisotopic (exact) mass is 267 g/mol. The second-order valence-electron chi connectivity index (χ2n) is 4.74. The quantitative estimate of drug-likeness (QED) is 0.904. The molecule has 0 amide bonds. The van der Waals surface area contributed by atoms with E-state index in [1.54, 1.807) is 0 Å². The Bertz CT molecular complexity index is 534. The Hall–Kier alpha value is -1.98. The minimum atomic E-state index is -0.614. The van der Waals surface area contributed by atoms with Gasteiger partial charge in [0.25, 0.3) is 0 Å². The highest BCUT2D eigenvalue weighted by molar-refractivity contribution is 5.24. The van der Waals surface area contributed by atoms with Gasteiger partial charge in [0, 0.05) is 19.0 Å². The Morgan fingerprint density at radius 3 is 2.53 bits per heavy atom. The molecule has 1 heterocycles. The average Bonchev–Trinajstić information content (AvgIpc) is 2.72. The molecule has 102 valence electrons. The van der Waals surface area contributed by atoms with Gasteiger partial charge in [-0.25, -0.2) is 8.78 Å². The van der Waals surface area contributed by atoms with Crippen LogP contribution in [0.5, 0.6) is 0 Å². The first kappa shape index (κ1) is 13.5. The maximum absolute atomic E-state index is 13.0. The molecule has 0 unspecified atom stereocenters. The van der Waals surface area contributed by atoms with E-state index < -0.39 is 11.6 Å². The lowest BCUT2D eigenvalue weighted by molar-refractivity contribution is 0.421. The summed E-state index contributed by atoms with van der Waals surface area (Å²) >= 11 is 0. The Labute approximate surface area is 109 Å². The van der Waals surface area contributed by atoms with Crippen LogP contribution in [0, 0.1) is 17.6 Å². The van der Waals surface area contributed by atoms with Crippen molar-refractivity contribution in [1.82, 2.24) is 10.1 Å². The molecule has 0 saturated heterocycles. The summed E-state index contributed by atoms with van der Waals surface area (Å²) in [7, 11) is 0. The Kier molecular flexibility index (Phi) is 4.09. The van der Waals surface area contributed by atoms with Crippen molar-refractivity contribution in [3.05, 3.63) is 41.2 Å². The van der Waals surface area contributed by atoms with Gasteiger partial charge in [-0.1, -0.05) is 19.0 Å². The molecular formula is C13H15F2N3O. The van der Waals surface area contributed by atoms with Gasteiger partial charge in [0.2, 0.25) is 0 Å². The maximum atomic E-state index is 13.0. The molecule has 1 aromatic carbocycles. The molecule has 19 heavy (non-hydrogen) atoms. The summed E-state index contributed by atoms with van der Waals surface area (Å²) in [6, 6.07) is 3.65. The zero-order valence-electron chi connectivity index (χ0n) is 10.8. The van der Waals surface area contributed by atoms with E-state index in [1.807, 2.05) is 0 Å². The van der Waals surface area contributed by atoms with E-state index in [2.05, 4.69) is 29.3 Å². The van der Waals surface area contributed by atoms with Crippen LogP contribution in [0.2, 0.25) is 0 Å². The number of rotatable bonds is 5. The number of nitrogens with one attached hydrogen (secondary N) is 1. The van der Waals surface area contributed by atoms with Gasteiger partial charge in [0.15, 0.2) is 5.82 Å². The summed E-state index contributed by atoms with van der Waals surface area (Å²) in [5.41, 5.74) is 0.466. The number of anilines is 1. The Morgan fingerprint density at radius 2 is 1.89 bits per heavy atom. The molecule has 6 heteroatoms. The van der Waals surface area contributed by atoms with Crippen LogP contribution in [0.3, 0.4) is 0 Å². The Balaban J connectivity index is 2.03. The highest BCUT2D eigenvalue weighted by Crippen LogP contribution is 2.13. The fraction of sp³-hybridized carbons (Fsp3) is 0.385. The molecule has 0 aliphatic carbocycles. The summed E-state index contributed by atoms with van der Waals surface area (Å²) in [5.74, 6) is -0.391. The normalized spacial score (nSPS) is 11.0. The van der Waals surface area contributed by atoms with Gasteiger partial charge in [-0.05, 0) is 23.6 Å². The lowest BCUT2D eigenvalue weighted by Crippen LogP contribution is -2.08. The first-order chi connectivity index (χ1) is 9.02. The van der Waals surface area contributed by atoms with Crippen LogP contribution in [0.25, 0.3) is 0 Å². The summed E-state index contributed by atoms with van der Waals surface area (Å²) in [6.45, 7) is 4.83. The minimum Gasteiger partial charge on any atom is -0.338 e. The summed E-state index contributed by atoms with van der Waals surface area (Å²) in [6.07, 6.45) is 0.224. The van der Waals surface area contributed by atoms with Crippen LogP contribution in [0.4, 0.5) is 14.8 Å². The molecule has 0 radical (unpaired) electrons. The highest BCUT2D eigenvalue weighted by Gasteiger charge is 2.09. The molecule has 2 aromatic rings. The number of nitrogens with zero attached hydrogens (tertiary/aromatic N) is 2. The molecule has 1 aromatic heterocycles. The standard InChI is InChI=1S/C13H15F2N3O/c1-8(2)7-16-13-17-12(18-19-13)5-9-3-10(14)6-11(15)4-9/h3-4,6,8H,5,7H2,1-2H3,(H,16,17,18).